The van der Waals surface area contributed by atoms with Gasteiger partial charge in [0.25, 0.3) is 5.56 Å². The van der Waals surface area contributed by atoms with Gasteiger partial charge in [0.2, 0.25) is 15.9 Å². The summed E-state index contributed by atoms with van der Waals surface area (Å²) in [5, 5.41) is 4.54. The van der Waals surface area contributed by atoms with Crippen molar-refractivity contribution in [1.29, 1.82) is 0 Å². The summed E-state index contributed by atoms with van der Waals surface area (Å²) in [5.41, 5.74) is 1.45. The molecule has 1 saturated heterocycles. The number of aromatic nitrogens is 5. The fourth-order valence-electron chi connectivity index (χ4n) is 4.55. The molecule has 0 bridgehead atoms. The lowest BCUT2D eigenvalue weighted by Crippen LogP contribution is -2.48. The summed E-state index contributed by atoms with van der Waals surface area (Å²) in [4.78, 5) is 27.2. The van der Waals surface area contributed by atoms with Crippen molar-refractivity contribution in [1.82, 2.24) is 33.9 Å². The Morgan fingerprint density at radius 1 is 1.11 bits per heavy atom. The van der Waals surface area contributed by atoms with Crippen LogP contribution in [0.5, 0.6) is 5.88 Å². The molecule has 0 aliphatic carbocycles. The summed E-state index contributed by atoms with van der Waals surface area (Å²) >= 11 is 0. The number of aromatic amines is 1. The van der Waals surface area contributed by atoms with E-state index in [9.17, 15) is 13.2 Å². The summed E-state index contributed by atoms with van der Waals surface area (Å²) in [5.74, 6) is 0.334. The van der Waals surface area contributed by atoms with Crippen LogP contribution in [0.1, 0.15) is 45.9 Å². The largest absolute Gasteiger partial charge is 0.475 e. The van der Waals surface area contributed by atoms with Crippen molar-refractivity contribution in [3.63, 3.8) is 0 Å². The number of methoxy groups -OCH3 is 1. The van der Waals surface area contributed by atoms with E-state index in [1.54, 1.807) is 7.11 Å². The Bertz CT molecular complexity index is 1430. The maximum absolute atomic E-state index is 13.5. The number of pyridine rings is 1. The van der Waals surface area contributed by atoms with Crippen molar-refractivity contribution in [2.75, 3.05) is 53.0 Å². The quantitative estimate of drug-likeness (QED) is 0.358. The highest BCUT2D eigenvalue weighted by atomic mass is 32.2. The minimum atomic E-state index is -3.81. The number of hydrogen-bond donors (Lipinski definition) is 1. The van der Waals surface area contributed by atoms with Gasteiger partial charge in [-0.25, -0.2) is 18.4 Å². The van der Waals surface area contributed by atoms with E-state index >= 15 is 0 Å². The van der Waals surface area contributed by atoms with Crippen molar-refractivity contribution < 1.29 is 17.9 Å². The molecule has 0 saturated carbocycles. The number of H-pyrrole nitrogens is 1. The van der Waals surface area contributed by atoms with Crippen LogP contribution >= 0.6 is 0 Å². The molecule has 4 rings (SSSR count). The van der Waals surface area contributed by atoms with Gasteiger partial charge in [-0.3, -0.25) is 9.48 Å². The second-order valence-electron chi connectivity index (χ2n) is 9.32. The van der Waals surface area contributed by atoms with E-state index < -0.39 is 15.6 Å². The third-order valence-electron chi connectivity index (χ3n) is 7.02. The maximum Gasteiger partial charge on any atom is 0.279 e. The number of fused-ring (bicyclic) bond motifs is 1. The first-order valence-corrected chi connectivity index (χ1v) is 14.5. The first kappa shape index (κ1) is 28.1. The van der Waals surface area contributed by atoms with Crippen LogP contribution in [0.4, 0.5) is 0 Å². The normalized spacial score (nSPS) is 16.2. The molecule has 1 fully saturated rings. The highest BCUT2D eigenvalue weighted by Crippen LogP contribution is 2.31. The number of piperazine rings is 1. The predicted octanol–water partition coefficient (Wildman–Crippen LogP) is 2.07. The Kier molecular flexibility index (Phi) is 8.81. The SMILES string of the molecule is CCc1c2nc(-c3cc(S(=O)(=O)N4CCN(CC)CC4)cnc3OCCOC)[nH]c(=O)c2nn1[C@@H](C)CC. The lowest BCUT2D eigenvalue weighted by molar-refractivity contribution is 0.144. The number of sulfonamides is 1. The molecule has 12 nitrogen and oxygen atoms in total. The molecule has 0 unspecified atom stereocenters. The molecule has 208 valence electrons. The zero-order valence-electron chi connectivity index (χ0n) is 22.7. The Labute approximate surface area is 223 Å². The molecule has 1 N–H and O–H groups in total. The van der Waals surface area contributed by atoms with Gasteiger partial charge < -0.3 is 19.4 Å². The molecule has 0 amide bonds. The second-order valence-corrected chi connectivity index (χ2v) is 11.3. The third kappa shape index (κ3) is 5.46. The van der Waals surface area contributed by atoms with Crippen molar-refractivity contribution in [3.05, 3.63) is 28.3 Å². The van der Waals surface area contributed by atoms with Gasteiger partial charge in [-0.05, 0) is 32.4 Å². The molecular formula is C25H37N7O5S. The van der Waals surface area contributed by atoms with Crippen LogP contribution < -0.4 is 10.3 Å². The van der Waals surface area contributed by atoms with Crippen LogP contribution in [0.15, 0.2) is 22.0 Å². The Morgan fingerprint density at radius 3 is 2.47 bits per heavy atom. The van der Waals surface area contributed by atoms with Crippen LogP contribution in [0.25, 0.3) is 22.4 Å². The molecule has 3 aromatic heterocycles. The van der Waals surface area contributed by atoms with E-state index in [2.05, 4.69) is 33.8 Å². The van der Waals surface area contributed by atoms with Gasteiger partial charge in [-0.2, -0.15) is 9.40 Å². The molecule has 13 heteroatoms. The van der Waals surface area contributed by atoms with Gasteiger partial charge in [0, 0.05) is 39.3 Å². The standard InChI is InChI=1S/C25H37N7O5S/c1-6-17(4)32-20(7-2)21-22(29-32)24(33)28-23(27-21)19-15-18(16-26-25(19)37-14-13-36-5)38(34,35)31-11-9-30(8-3)10-12-31/h15-17H,6-14H2,1-5H3,(H,27,28,33)/t17-/m0/s1. The number of nitrogens with one attached hydrogen (secondary N) is 1. The summed E-state index contributed by atoms with van der Waals surface area (Å²) in [6, 6.07) is 1.57. The topological polar surface area (TPSA) is 136 Å². The number of aryl methyl sites for hydroxylation is 1. The van der Waals surface area contributed by atoms with Crippen LogP contribution in [0, 0.1) is 0 Å². The first-order valence-electron chi connectivity index (χ1n) is 13.1. The maximum atomic E-state index is 13.5. The average molecular weight is 548 g/mol. The van der Waals surface area contributed by atoms with E-state index in [1.807, 2.05) is 18.5 Å². The van der Waals surface area contributed by atoms with E-state index in [0.29, 0.717) is 44.7 Å². The van der Waals surface area contributed by atoms with Gasteiger partial charge in [0.05, 0.1) is 24.1 Å². The number of ether oxygens (including phenoxy) is 2. The van der Waals surface area contributed by atoms with Crippen LogP contribution in [-0.2, 0) is 21.2 Å². The van der Waals surface area contributed by atoms with Crippen molar-refractivity contribution in [3.8, 4) is 17.3 Å². The highest BCUT2D eigenvalue weighted by molar-refractivity contribution is 7.89. The smallest absolute Gasteiger partial charge is 0.279 e. The first-order chi connectivity index (χ1) is 18.2. The summed E-state index contributed by atoms with van der Waals surface area (Å²) in [7, 11) is -2.26. The van der Waals surface area contributed by atoms with E-state index in [4.69, 9.17) is 14.5 Å². The fourth-order valence-corrected chi connectivity index (χ4v) is 5.94. The third-order valence-corrected chi connectivity index (χ3v) is 8.88. The molecule has 0 aromatic carbocycles. The van der Waals surface area contributed by atoms with Crippen molar-refractivity contribution >= 4 is 21.1 Å². The average Bonchev–Trinajstić information content (AvgIpc) is 3.32. The Hall–Kier alpha value is -2.87. The monoisotopic (exact) mass is 547 g/mol. The van der Waals surface area contributed by atoms with Crippen LogP contribution in [-0.4, -0.2) is 95.4 Å². The molecule has 4 heterocycles. The zero-order valence-corrected chi connectivity index (χ0v) is 23.5. The summed E-state index contributed by atoms with van der Waals surface area (Å²) < 4.78 is 41.3. The predicted molar refractivity (Wildman–Crippen MR) is 144 cm³/mol. The molecule has 3 aromatic rings. The molecular weight excluding hydrogens is 510 g/mol. The van der Waals surface area contributed by atoms with Gasteiger partial charge >= 0.3 is 0 Å². The number of nitrogens with zero attached hydrogens (tertiary/aromatic N) is 6. The minimum Gasteiger partial charge on any atom is -0.475 e. The van der Waals surface area contributed by atoms with Crippen molar-refractivity contribution in [2.24, 2.45) is 0 Å². The van der Waals surface area contributed by atoms with Crippen molar-refractivity contribution in [2.45, 2.75) is 51.5 Å². The molecule has 1 atom stereocenters. The number of rotatable bonds is 11. The summed E-state index contributed by atoms with van der Waals surface area (Å²) in [6.45, 7) is 11.7. The highest BCUT2D eigenvalue weighted by Gasteiger charge is 2.30. The number of hydrogen-bond acceptors (Lipinski definition) is 9. The number of likely N-dealkylation sites (N-methyl/N-ethyl adjacent to an activating group) is 1. The zero-order chi connectivity index (χ0) is 27.4. The van der Waals surface area contributed by atoms with Gasteiger partial charge in [-0.1, -0.05) is 20.8 Å². The van der Waals surface area contributed by atoms with E-state index in [-0.39, 0.29) is 40.3 Å². The molecule has 0 radical (unpaired) electrons. The van der Waals surface area contributed by atoms with Gasteiger partial charge in [-0.15, -0.1) is 0 Å². The lowest BCUT2D eigenvalue weighted by Gasteiger charge is -2.33. The molecule has 0 spiro atoms. The van der Waals surface area contributed by atoms with Crippen LogP contribution in [0.2, 0.25) is 0 Å². The Morgan fingerprint density at radius 2 is 1.84 bits per heavy atom. The molecule has 38 heavy (non-hydrogen) atoms. The molecule has 1 aliphatic rings. The fraction of sp³-hybridized carbons (Fsp3) is 0.600. The van der Waals surface area contributed by atoms with E-state index in [0.717, 1.165) is 18.7 Å². The van der Waals surface area contributed by atoms with E-state index in [1.165, 1.54) is 16.6 Å². The second kappa shape index (κ2) is 11.9. The molecule has 1 aliphatic heterocycles. The van der Waals surface area contributed by atoms with Crippen LogP contribution in [0.3, 0.4) is 0 Å². The Balaban J connectivity index is 1.83. The van der Waals surface area contributed by atoms with Gasteiger partial charge in [0.1, 0.15) is 22.8 Å². The minimum absolute atomic E-state index is 0.0188. The summed E-state index contributed by atoms with van der Waals surface area (Å²) in [6.07, 6.45) is 2.77. The van der Waals surface area contributed by atoms with Gasteiger partial charge in [0.15, 0.2) is 5.52 Å². The lowest BCUT2D eigenvalue weighted by atomic mass is 10.2.